The van der Waals surface area contributed by atoms with E-state index >= 15 is 0 Å². The average molecular weight is 306 g/mol. The molecule has 0 radical (unpaired) electrons. The maximum absolute atomic E-state index is 12.3. The van der Waals surface area contributed by atoms with E-state index in [1.54, 1.807) is 0 Å². The van der Waals surface area contributed by atoms with Crippen LogP contribution < -0.4 is 0 Å². The van der Waals surface area contributed by atoms with Crippen molar-refractivity contribution in [3.8, 4) is 11.1 Å². The van der Waals surface area contributed by atoms with Crippen molar-refractivity contribution < 1.29 is 9.53 Å². The van der Waals surface area contributed by atoms with E-state index in [9.17, 15) is 4.79 Å². The molecule has 4 rings (SSSR count). The first-order chi connectivity index (χ1) is 11.3. The van der Waals surface area contributed by atoms with Crippen molar-refractivity contribution in [3.05, 3.63) is 60.2 Å². The topological polar surface area (TPSA) is 26.3 Å². The molecule has 2 nitrogen and oxygen atoms in total. The number of esters is 1. The summed E-state index contributed by atoms with van der Waals surface area (Å²) in [6, 6.07) is 17.9. The summed E-state index contributed by atoms with van der Waals surface area (Å²) in [6.07, 6.45) is 6.27. The van der Waals surface area contributed by atoms with Gasteiger partial charge in [-0.1, -0.05) is 61.7 Å². The molecular formula is C21H22O2. The first-order valence-corrected chi connectivity index (χ1v) is 8.66. The van der Waals surface area contributed by atoms with Gasteiger partial charge < -0.3 is 4.74 Å². The van der Waals surface area contributed by atoms with Gasteiger partial charge in [0.2, 0.25) is 0 Å². The fraction of sp³-hybridized carbons (Fsp3) is 0.381. The molecule has 2 aromatic carbocycles. The molecule has 0 spiro atoms. The smallest absolute Gasteiger partial charge is 0.338 e. The minimum atomic E-state index is -0.172. The molecule has 2 aliphatic carbocycles. The van der Waals surface area contributed by atoms with Crippen molar-refractivity contribution in [2.75, 3.05) is 0 Å². The number of carbonyl (C=O) groups excluding carboxylic acids is 1. The van der Waals surface area contributed by atoms with Gasteiger partial charge in [0.05, 0.1) is 5.56 Å². The Morgan fingerprint density at radius 1 is 0.826 bits per heavy atom. The molecule has 0 aliphatic heterocycles. The number of hydrogen-bond donors (Lipinski definition) is 0. The average Bonchev–Trinajstić information content (AvgIpc) is 3.17. The van der Waals surface area contributed by atoms with E-state index in [2.05, 4.69) is 12.1 Å². The number of rotatable bonds is 3. The van der Waals surface area contributed by atoms with Crippen molar-refractivity contribution in [1.29, 1.82) is 0 Å². The highest BCUT2D eigenvalue weighted by Gasteiger charge is 2.38. The molecule has 0 heterocycles. The van der Waals surface area contributed by atoms with Crippen LogP contribution in [0.3, 0.4) is 0 Å². The summed E-state index contributed by atoms with van der Waals surface area (Å²) in [7, 11) is 0. The molecule has 2 heteroatoms. The second kappa shape index (κ2) is 6.19. The fourth-order valence-corrected chi connectivity index (χ4v) is 4.25. The molecule has 0 aromatic heterocycles. The van der Waals surface area contributed by atoms with Crippen LogP contribution in [0.4, 0.5) is 0 Å². The van der Waals surface area contributed by atoms with E-state index in [0.717, 1.165) is 35.8 Å². The van der Waals surface area contributed by atoms with E-state index in [1.807, 2.05) is 42.5 Å². The lowest BCUT2D eigenvalue weighted by atomic mass is 10.0. The van der Waals surface area contributed by atoms with Crippen molar-refractivity contribution >= 4 is 5.97 Å². The molecule has 23 heavy (non-hydrogen) atoms. The first-order valence-electron chi connectivity index (χ1n) is 8.66. The molecule has 2 saturated carbocycles. The summed E-state index contributed by atoms with van der Waals surface area (Å²) in [6.45, 7) is 0. The summed E-state index contributed by atoms with van der Waals surface area (Å²) in [5, 5.41) is 0. The maximum atomic E-state index is 12.3. The van der Waals surface area contributed by atoms with Gasteiger partial charge in [-0.25, -0.2) is 4.79 Å². The van der Waals surface area contributed by atoms with E-state index in [-0.39, 0.29) is 12.1 Å². The Kier molecular flexibility index (Phi) is 3.90. The fourth-order valence-electron chi connectivity index (χ4n) is 4.25. The van der Waals surface area contributed by atoms with E-state index in [0.29, 0.717) is 5.56 Å². The van der Waals surface area contributed by atoms with Crippen LogP contribution in [0.2, 0.25) is 0 Å². The van der Waals surface area contributed by atoms with Gasteiger partial charge in [0, 0.05) is 0 Å². The van der Waals surface area contributed by atoms with E-state index in [4.69, 9.17) is 4.74 Å². The number of benzene rings is 2. The van der Waals surface area contributed by atoms with E-state index < -0.39 is 0 Å². The number of carbonyl (C=O) groups is 1. The monoisotopic (exact) mass is 306 g/mol. The van der Waals surface area contributed by atoms with Crippen molar-refractivity contribution in [3.63, 3.8) is 0 Å². The predicted molar refractivity (Wildman–Crippen MR) is 91.1 cm³/mol. The molecule has 2 aliphatic rings. The highest BCUT2D eigenvalue weighted by molar-refractivity contribution is 5.90. The lowest BCUT2D eigenvalue weighted by molar-refractivity contribution is 0.0299. The summed E-state index contributed by atoms with van der Waals surface area (Å²) < 4.78 is 5.74. The highest BCUT2D eigenvalue weighted by atomic mass is 16.5. The van der Waals surface area contributed by atoms with Crippen LogP contribution in [0.15, 0.2) is 54.6 Å². The Balaban J connectivity index is 1.41. The van der Waals surface area contributed by atoms with E-state index in [1.165, 1.54) is 19.3 Å². The number of ether oxygens (including phenoxy) is 1. The minimum Gasteiger partial charge on any atom is -0.459 e. The maximum Gasteiger partial charge on any atom is 0.338 e. The summed E-state index contributed by atoms with van der Waals surface area (Å²) in [5.41, 5.74) is 2.94. The first kappa shape index (κ1) is 14.5. The molecule has 0 saturated heterocycles. The Hall–Kier alpha value is -2.09. The third-order valence-corrected chi connectivity index (χ3v) is 5.45. The van der Waals surface area contributed by atoms with Crippen molar-refractivity contribution in [2.45, 2.75) is 38.2 Å². The van der Waals surface area contributed by atoms with Gasteiger partial charge in [-0.15, -0.1) is 0 Å². The molecule has 2 aromatic rings. The van der Waals surface area contributed by atoms with Crippen LogP contribution in [0.5, 0.6) is 0 Å². The Bertz CT molecular complexity index is 663. The second-order valence-electron chi connectivity index (χ2n) is 6.89. The van der Waals surface area contributed by atoms with Gasteiger partial charge in [0.15, 0.2) is 0 Å². The third kappa shape index (κ3) is 3.03. The summed E-state index contributed by atoms with van der Waals surface area (Å²) >= 11 is 0. The van der Waals surface area contributed by atoms with Gasteiger partial charge in [0.25, 0.3) is 0 Å². The molecule has 2 fully saturated rings. The molecule has 3 atom stereocenters. The Morgan fingerprint density at radius 2 is 1.43 bits per heavy atom. The SMILES string of the molecule is O=C(O[C@@H]1C[C@H]2CCC[C@H]2C1)c1ccc(-c2ccccc2)cc1. The molecular weight excluding hydrogens is 284 g/mol. The third-order valence-electron chi connectivity index (χ3n) is 5.45. The molecule has 118 valence electrons. The lowest BCUT2D eigenvalue weighted by Gasteiger charge is -2.13. The summed E-state index contributed by atoms with van der Waals surface area (Å²) in [5.74, 6) is 1.43. The normalized spacial score (nSPS) is 26.0. The van der Waals surface area contributed by atoms with Crippen molar-refractivity contribution in [2.24, 2.45) is 11.8 Å². The van der Waals surface area contributed by atoms with Crippen LogP contribution in [0, 0.1) is 11.8 Å². The molecule has 0 N–H and O–H groups in total. The predicted octanol–water partition coefficient (Wildman–Crippen LogP) is 5.09. The Labute approximate surface area is 137 Å². The van der Waals surface area contributed by atoms with Crippen LogP contribution >= 0.6 is 0 Å². The number of fused-ring (bicyclic) bond motifs is 1. The van der Waals surface area contributed by atoms with Crippen LogP contribution in [-0.2, 0) is 4.74 Å². The van der Waals surface area contributed by atoms with Crippen LogP contribution in [0.25, 0.3) is 11.1 Å². The standard InChI is InChI=1S/C21H22O2/c22-21(23-20-13-18-7-4-8-19(18)14-20)17-11-9-16(10-12-17)15-5-2-1-3-6-15/h1-3,5-6,9-12,18-20H,4,7-8,13-14H2/t18-,19+,20-. The quantitative estimate of drug-likeness (QED) is 0.738. The lowest BCUT2D eigenvalue weighted by Crippen LogP contribution is -2.16. The van der Waals surface area contributed by atoms with Gasteiger partial charge >= 0.3 is 5.97 Å². The van der Waals surface area contributed by atoms with Gasteiger partial charge in [-0.3, -0.25) is 0 Å². The molecule has 0 bridgehead atoms. The largest absolute Gasteiger partial charge is 0.459 e. The van der Waals surface area contributed by atoms with Gasteiger partial charge in [0.1, 0.15) is 6.10 Å². The minimum absolute atomic E-state index is 0.131. The zero-order chi connectivity index (χ0) is 15.6. The zero-order valence-electron chi connectivity index (χ0n) is 13.3. The highest BCUT2D eigenvalue weighted by Crippen LogP contribution is 2.45. The van der Waals surface area contributed by atoms with Crippen LogP contribution in [0.1, 0.15) is 42.5 Å². The second-order valence-corrected chi connectivity index (χ2v) is 6.89. The Morgan fingerprint density at radius 3 is 2.09 bits per heavy atom. The molecule has 0 unspecified atom stereocenters. The zero-order valence-corrected chi connectivity index (χ0v) is 13.3. The summed E-state index contributed by atoms with van der Waals surface area (Å²) in [4.78, 5) is 12.3. The van der Waals surface area contributed by atoms with Crippen LogP contribution in [-0.4, -0.2) is 12.1 Å². The van der Waals surface area contributed by atoms with Crippen molar-refractivity contribution in [1.82, 2.24) is 0 Å². The van der Waals surface area contributed by atoms with Gasteiger partial charge in [-0.2, -0.15) is 0 Å². The number of hydrogen-bond acceptors (Lipinski definition) is 2. The molecule has 0 amide bonds. The van der Waals surface area contributed by atoms with Gasteiger partial charge in [-0.05, 0) is 47.9 Å².